The molecule has 0 radical (unpaired) electrons. The number of hydrogen-bond donors (Lipinski definition) is 2. The summed E-state index contributed by atoms with van der Waals surface area (Å²) < 4.78 is 31.3. The molecule has 8 heteroatoms. The van der Waals surface area contributed by atoms with Crippen molar-refractivity contribution in [1.82, 2.24) is 10.0 Å². The number of methoxy groups -OCH3 is 1. The van der Waals surface area contributed by atoms with E-state index in [9.17, 15) is 13.2 Å². The summed E-state index contributed by atoms with van der Waals surface area (Å²) in [5.74, 6) is 0.416. The minimum absolute atomic E-state index is 0.198. The highest BCUT2D eigenvalue weighted by Gasteiger charge is 2.15. The standard InChI is InChI=1S/C15H18N2O4S2/c1-21-13-6-4-12(5-7-13)8-9-16-14(18)11-17-23(19,20)15-3-2-10-22-15/h2-7,10,17H,8-9,11H2,1H3,(H,16,18). The van der Waals surface area contributed by atoms with E-state index in [-0.39, 0.29) is 16.7 Å². The third-order valence-corrected chi connectivity index (χ3v) is 5.88. The van der Waals surface area contributed by atoms with E-state index in [2.05, 4.69) is 10.0 Å². The SMILES string of the molecule is COc1ccc(CCNC(=O)CNS(=O)(=O)c2cccs2)cc1. The molecule has 1 amide bonds. The Morgan fingerprint density at radius 1 is 1.22 bits per heavy atom. The third kappa shape index (κ3) is 5.34. The van der Waals surface area contributed by atoms with Gasteiger partial charge in [0.15, 0.2) is 0 Å². The lowest BCUT2D eigenvalue weighted by molar-refractivity contribution is -0.119. The van der Waals surface area contributed by atoms with Crippen LogP contribution in [-0.2, 0) is 21.2 Å². The summed E-state index contributed by atoms with van der Waals surface area (Å²) >= 11 is 1.11. The summed E-state index contributed by atoms with van der Waals surface area (Å²) in [5.41, 5.74) is 1.06. The van der Waals surface area contributed by atoms with Crippen LogP contribution in [0.25, 0.3) is 0 Å². The van der Waals surface area contributed by atoms with Gasteiger partial charge in [-0.05, 0) is 35.6 Å². The molecule has 0 aliphatic heterocycles. The Bertz CT molecular complexity index is 725. The van der Waals surface area contributed by atoms with Crippen LogP contribution in [0.15, 0.2) is 46.0 Å². The summed E-state index contributed by atoms with van der Waals surface area (Å²) in [6, 6.07) is 10.7. The fourth-order valence-electron chi connectivity index (χ4n) is 1.85. The monoisotopic (exact) mass is 354 g/mol. The molecular formula is C15H18N2O4S2. The van der Waals surface area contributed by atoms with Gasteiger partial charge in [0, 0.05) is 6.54 Å². The number of benzene rings is 1. The van der Waals surface area contributed by atoms with Crippen LogP contribution in [0.5, 0.6) is 5.75 Å². The van der Waals surface area contributed by atoms with Gasteiger partial charge in [0.1, 0.15) is 9.96 Å². The van der Waals surface area contributed by atoms with Crippen LogP contribution in [0.2, 0.25) is 0 Å². The molecule has 1 heterocycles. The van der Waals surface area contributed by atoms with Gasteiger partial charge in [-0.3, -0.25) is 4.79 Å². The average molecular weight is 354 g/mol. The zero-order chi connectivity index (χ0) is 16.7. The molecule has 0 saturated heterocycles. The molecule has 0 fully saturated rings. The van der Waals surface area contributed by atoms with Crippen molar-refractivity contribution in [2.24, 2.45) is 0 Å². The number of sulfonamides is 1. The van der Waals surface area contributed by atoms with E-state index in [1.165, 1.54) is 6.07 Å². The van der Waals surface area contributed by atoms with E-state index in [1.54, 1.807) is 18.6 Å². The maximum absolute atomic E-state index is 11.9. The molecule has 0 unspecified atom stereocenters. The maximum atomic E-state index is 11.9. The predicted octanol–water partition coefficient (Wildman–Crippen LogP) is 1.39. The largest absolute Gasteiger partial charge is 0.497 e. The topological polar surface area (TPSA) is 84.5 Å². The number of rotatable bonds is 8. The summed E-state index contributed by atoms with van der Waals surface area (Å²) in [5, 5.41) is 4.35. The van der Waals surface area contributed by atoms with Gasteiger partial charge < -0.3 is 10.1 Å². The normalized spacial score (nSPS) is 11.2. The van der Waals surface area contributed by atoms with Crippen LogP contribution < -0.4 is 14.8 Å². The molecule has 0 spiro atoms. The molecule has 0 saturated carbocycles. The summed E-state index contributed by atoms with van der Waals surface area (Å²) in [7, 11) is -2.00. The van der Waals surface area contributed by atoms with E-state index >= 15 is 0 Å². The summed E-state index contributed by atoms with van der Waals surface area (Å²) in [6.45, 7) is 0.161. The van der Waals surface area contributed by atoms with Gasteiger partial charge in [-0.25, -0.2) is 13.1 Å². The zero-order valence-corrected chi connectivity index (χ0v) is 14.2. The Morgan fingerprint density at radius 2 is 1.96 bits per heavy atom. The van der Waals surface area contributed by atoms with Crippen LogP contribution in [0.1, 0.15) is 5.56 Å². The van der Waals surface area contributed by atoms with Crippen molar-refractivity contribution < 1.29 is 17.9 Å². The van der Waals surface area contributed by atoms with E-state index < -0.39 is 10.0 Å². The number of carbonyl (C=O) groups is 1. The lowest BCUT2D eigenvalue weighted by atomic mass is 10.1. The Morgan fingerprint density at radius 3 is 2.57 bits per heavy atom. The Balaban J connectivity index is 1.73. The highest BCUT2D eigenvalue weighted by atomic mass is 32.2. The molecule has 2 aromatic rings. The number of ether oxygens (including phenoxy) is 1. The van der Waals surface area contributed by atoms with E-state index in [0.29, 0.717) is 13.0 Å². The molecule has 0 bridgehead atoms. The summed E-state index contributed by atoms with van der Waals surface area (Å²) in [4.78, 5) is 11.7. The van der Waals surface area contributed by atoms with Gasteiger partial charge >= 0.3 is 0 Å². The number of nitrogens with one attached hydrogen (secondary N) is 2. The van der Waals surface area contributed by atoms with Crippen molar-refractivity contribution in [2.75, 3.05) is 20.2 Å². The van der Waals surface area contributed by atoms with Crippen molar-refractivity contribution in [1.29, 1.82) is 0 Å². The smallest absolute Gasteiger partial charge is 0.250 e. The average Bonchev–Trinajstić information content (AvgIpc) is 3.09. The van der Waals surface area contributed by atoms with Gasteiger partial charge in [-0.2, -0.15) is 0 Å². The van der Waals surface area contributed by atoms with Crippen molar-refractivity contribution in [2.45, 2.75) is 10.6 Å². The van der Waals surface area contributed by atoms with Gasteiger partial charge in [-0.1, -0.05) is 18.2 Å². The van der Waals surface area contributed by atoms with Crippen molar-refractivity contribution in [3.8, 4) is 5.75 Å². The van der Waals surface area contributed by atoms with Crippen molar-refractivity contribution in [3.05, 3.63) is 47.3 Å². The molecule has 1 aromatic heterocycles. The first-order valence-corrected chi connectivity index (χ1v) is 9.30. The molecular weight excluding hydrogens is 336 g/mol. The molecule has 2 rings (SSSR count). The van der Waals surface area contributed by atoms with E-state index in [4.69, 9.17) is 4.74 Å². The fourth-order valence-corrected chi connectivity index (χ4v) is 3.87. The zero-order valence-electron chi connectivity index (χ0n) is 12.6. The van der Waals surface area contributed by atoms with Gasteiger partial charge in [0.2, 0.25) is 5.91 Å². The Hall–Kier alpha value is -1.90. The van der Waals surface area contributed by atoms with Crippen LogP contribution >= 0.6 is 11.3 Å². The molecule has 23 heavy (non-hydrogen) atoms. The van der Waals surface area contributed by atoms with Crippen LogP contribution in [0, 0.1) is 0 Å². The highest BCUT2D eigenvalue weighted by molar-refractivity contribution is 7.91. The minimum Gasteiger partial charge on any atom is -0.497 e. The molecule has 0 aliphatic rings. The molecule has 0 atom stereocenters. The van der Waals surface area contributed by atoms with E-state index in [0.717, 1.165) is 22.6 Å². The number of amides is 1. The first-order valence-electron chi connectivity index (χ1n) is 6.94. The molecule has 6 nitrogen and oxygen atoms in total. The Kier molecular flexibility index (Phi) is 6.14. The Labute approximate surface area is 139 Å². The highest BCUT2D eigenvalue weighted by Crippen LogP contribution is 2.14. The first-order chi connectivity index (χ1) is 11.0. The lowest BCUT2D eigenvalue weighted by Crippen LogP contribution is -2.37. The summed E-state index contributed by atoms with van der Waals surface area (Å²) in [6.07, 6.45) is 0.660. The lowest BCUT2D eigenvalue weighted by Gasteiger charge is -2.07. The molecule has 2 N–H and O–H groups in total. The fraction of sp³-hybridized carbons (Fsp3) is 0.267. The van der Waals surface area contributed by atoms with Crippen LogP contribution in [-0.4, -0.2) is 34.5 Å². The first kappa shape index (κ1) is 17.5. The molecule has 1 aromatic carbocycles. The van der Waals surface area contributed by atoms with E-state index in [1.807, 2.05) is 24.3 Å². The predicted molar refractivity (Wildman–Crippen MR) is 89.2 cm³/mol. The molecule has 0 aliphatic carbocycles. The second kappa shape index (κ2) is 8.09. The minimum atomic E-state index is -3.60. The maximum Gasteiger partial charge on any atom is 0.250 e. The van der Waals surface area contributed by atoms with Crippen LogP contribution in [0.4, 0.5) is 0 Å². The molecule has 124 valence electrons. The second-order valence-corrected chi connectivity index (χ2v) is 7.65. The van der Waals surface area contributed by atoms with Gasteiger partial charge in [0.25, 0.3) is 10.0 Å². The quantitative estimate of drug-likeness (QED) is 0.750. The van der Waals surface area contributed by atoms with Gasteiger partial charge in [-0.15, -0.1) is 11.3 Å². The third-order valence-electron chi connectivity index (χ3n) is 3.08. The number of carbonyl (C=O) groups excluding carboxylic acids is 1. The van der Waals surface area contributed by atoms with Crippen molar-refractivity contribution >= 4 is 27.3 Å². The number of thiophene rings is 1. The van der Waals surface area contributed by atoms with Gasteiger partial charge in [0.05, 0.1) is 13.7 Å². The van der Waals surface area contributed by atoms with Crippen LogP contribution in [0.3, 0.4) is 0 Å². The second-order valence-electron chi connectivity index (χ2n) is 4.70. The number of hydrogen-bond acceptors (Lipinski definition) is 5. The van der Waals surface area contributed by atoms with Crippen molar-refractivity contribution in [3.63, 3.8) is 0 Å².